The van der Waals surface area contributed by atoms with E-state index < -0.39 is 28.3 Å². The minimum absolute atomic E-state index is 0.0272. The van der Waals surface area contributed by atoms with Gasteiger partial charge < -0.3 is 23.8 Å². The van der Waals surface area contributed by atoms with E-state index in [9.17, 15) is 10.1 Å². The summed E-state index contributed by atoms with van der Waals surface area (Å²) < 4.78 is 19.5. The second-order valence-electron chi connectivity index (χ2n) is 16.4. The third-order valence-corrected chi connectivity index (χ3v) is 18.6. The van der Waals surface area contributed by atoms with E-state index in [1.807, 2.05) is 20.8 Å². The zero-order valence-electron chi connectivity index (χ0n) is 28.7. The first-order chi connectivity index (χ1) is 19.0. The third kappa shape index (κ3) is 7.58. The van der Waals surface area contributed by atoms with E-state index in [2.05, 4.69) is 90.9 Å². The SMILES string of the molecule is C[C@H]1CN(c2c(C#N)cnc3c2CC[C@H]3O[Si](C)(C)C(C)(C)C)C[C@@H](NC(=O)OC(C)(C)C)[C@@H]1O[Si](C)(C)C(C)(C)C. The number of hydrogen-bond donors (Lipinski definition) is 1. The number of fused-ring (bicyclic) bond motifs is 1. The molecule has 0 bridgehead atoms. The lowest BCUT2D eigenvalue weighted by molar-refractivity contribution is 0.0336. The van der Waals surface area contributed by atoms with Crippen molar-refractivity contribution >= 4 is 28.4 Å². The zero-order chi connectivity index (χ0) is 32.1. The molecule has 0 radical (unpaired) electrons. The molecule has 0 saturated carbocycles. The number of rotatable bonds is 6. The first-order valence-electron chi connectivity index (χ1n) is 15.5. The molecule has 1 aliphatic heterocycles. The highest BCUT2D eigenvalue weighted by Crippen LogP contribution is 2.46. The molecule has 10 heteroatoms. The fourth-order valence-electron chi connectivity index (χ4n) is 5.33. The van der Waals surface area contributed by atoms with E-state index >= 15 is 0 Å². The van der Waals surface area contributed by atoms with Crippen LogP contribution in [0.3, 0.4) is 0 Å². The lowest BCUT2D eigenvalue weighted by Gasteiger charge is -2.49. The fraction of sp³-hybridized carbons (Fsp3) is 0.781. The average molecular weight is 617 g/mol. The maximum Gasteiger partial charge on any atom is 0.408 e. The molecule has 1 N–H and O–H groups in total. The number of hydrogen-bond acceptors (Lipinski definition) is 7. The first kappa shape index (κ1) is 34.6. The van der Waals surface area contributed by atoms with Gasteiger partial charge in [0.15, 0.2) is 16.6 Å². The Morgan fingerprint density at radius 3 is 2.10 bits per heavy atom. The number of nitrogens with zero attached hydrogens (tertiary/aromatic N) is 3. The normalized spacial score (nSPS) is 23.8. The van der Waals surface area contributed by atoms with Crippen molar-refractivity contribution in [1.82, 2.24) is 10.3 Å². The van der Waals surface area contributed by atoms with Crippen LogP contribution in [-0.2, 0) is 20.0 Å². The number of nitriles is 1. The quantitative estimate of drug-likeness (QED) is 0.327. The van der Waals surface area contributed by atoms with Crippen LogP contribution >= 0.6 is 0 Å². The van der Waals surface area contributed by atoms with Gasteiger partial charge in [-0.15, -0.1) is 0 Å². The lowest BCUT2D eigenvalue weighted by Crippen LogP contribution is -2.63. The van der Waals surface area contributed by atoms with Gasteiger partial charge in [0.1, 0.15) is 11.7 Å². The van der Waals surface area contributed by atoms with Gasteiger partial charge in [-0.05, 0) is 69.9 Å². The van der Waals surface area contributed by atoms with Crippen molar-refractivity contribution in [2.75, 3.05) is 18.0 Å². The molecule has 1 fully saturated rings. The van der Waals surface area contributed by atoms with Crippen molar-refractivity contribution in [1.29, 1.82) is 5.26 Å². The monoisotopic (exact) mass is 616 g/mol. The smallest absolute Gasteiger partial charge is 0.408 e. The van der Waals surface area contributed by atoms with E-state index in [1.54, 1.807) is 6.20 Å². The van der Waals surface area contributed by atoms with Gasteiger partial charge in [-0.2, -0.15) is 5.26 Å². The Hall–Kier alpha value is -1.94. The van der Waals surface area contributed by atoms with Crippen LogP contribution in [0.2, 0.25) is 36.3 Å². The molecule has 1 aliphatic carbocycles. The maximum absolute atomic E-state index is 13.1. The molecule has 42 heavy (non-hydrogen) atoms. The number of pyridine rings is 1. The summed E-state index contributed by atoms with van der Waals surface area (Å²) in [7, 11) is -4.16. The molecule has 1 aromatic heterocycles. The molecular weight excluding hydrogens is 561 g/mol. The Balaban J connectivity index is 2.01. The van der Waals surface area contributed by atoms with Crippen LogP contribution < -0.4 is 10.2 Å². The number of nitrogens with one attached hydrogen (secondary N) is 1. The van der Waals surface area contributed by atoms with Gasteiger partial charge in [0.2, 0.25) is 0 Å². The minimum Gasteiger partial charge on any atom is -0.444 e. The van der Waals surface area contributed by atoms with E-state index in [1.165, 1.54) is 0 Å². The van der Waals surface area contributed by atoms with E-state index in [0.29, 0.717) is 18.7 Å². The Labute approximate surface area is 257 Å². The van der Waals surface area contributed by atoms with Crippen LogP contribution in [0.15, 0.2) is 6.20 Å². The zero-order valence-corrected chi connectivity index (χ0v) is 30.7. The molecule has 0 unspecified atom stereocenters. The van der Waals surface area contributed by atoms with Crippen molar-refractivity contribution in [2.45, 2.75) is 142 Å². The lowest BCUT2D eigenvalue weighted by atomic mass is 9.91. The topological polar surface area (TPSA) is 96.7 Å². The summed E-state index contributed by atoms with van der Waals surface area (Å²) >= 11 is 0. The molecule has 1 aromatic rings. The number of alkyl carbamates (subject to hydrolysis) is 1. The van der Waals surface area contributed by atoms with Crippen LogP contribution in [-0.4, -0.2) is 58.5 Å². The van der Waals surface area contributed by atoms with Crippen LogP contribution in [0.5, 0.6) is 0 Å². The van der Waals surface area contributed by atoms with E-state index in [-0.39, 0.29) is 34.2 Å². The summed E-state index contributed by atoms with van der Waals surface area (Å²) in [5, 5.41) is 13.5. The van der Waals surface area contributed by atoms with Crippen LogP contribution in [0, 0.1) is 17.2 Å². The summed E-state index contributed by atoms with van der Waals surface area (Å²) in [6, 6.07) is 2.10. The molecule has 0 spiro atoms. The van der Waals surface area contributed by atoms with Gasteiger partial charge >= 0.3 is 6.09 Å². The highest BCUT2D eigenvalue weighted by molar-refractivity contribution is 6.74. The van der Waals surface area contributed by atoms with Crippen molar-refractivity contribution < 1.29 is 18.4 Å². The van der Waals surface area contributed by atoms with Gasteiger partial charge in [-0.25, -0.2) is 4.79 Å². The molecule has 1 saturated heterocycles. The summed E-state index contributed by atoms with van der Waals surface area (Å²) in [5.74, 6) is 0.101. The third-order valence-electron chi connectivity index (χ3n) is 9.65. The highest BCUT2D eigenvalue weighted by atomic mass is 28.4. The summed E-state index contributed by atoms with van der Waals surface area (Å²) in [6.07, 6.45) is 2.68. The van der Waals surface area contributed by atoms with Crippen molar-refractivity contribution in [3.05, 3.63) is 23.0 Å². The molecule has 4 atom stereocenters. The summed E-state index contributed by atoms with van der Waals surface area (Å²) in [5.41, 5.74) is 2.94. The first-order valence-corrected chi connectivity index (χ1v) is 21.3. The molecular formula is C32H56N4O4Si2. The molecule has 1 amide bonds. The fourth-order valence-corrected chi connectivity index (χ4v) is 8.06. The van der Waals surface area contributed by atoms with Crippen LogP contribution in [0.25, 0.3) is 0 Å². The largest absolute Gasteiger partial charge is 0.444 e. The number of carbonyl (C=O) groups is 1. The van der Waals surface area contributed by atoms with Gasteiger partial charge in [-0.1, -0.05) is 48.5 Å². The number of amides is 1. The minimum atomic E-state index is -2.14. The predicted octanol–water partition coefficient (Wildman–Crippen LogP) is 7.70. The number of aromatic nitrogens is 1. The Bertz CT molecular complexity index is 1190. The Morgan fingerprint density at radius 1 is 1.00 bits per heavy atom. The summed E-state index contributed by atoms with van der Waals surface area (Å²) in [4.78, 5) is 20.1. The summed E-state index contributed by atoms with van der Waals surface area (Å²) in [6.45, 7) is 31.5. The van der Waals surface area contributed by atoms with Gasteiger partial charge in [0.05, 0.1) is 35.2 Å². The number of carbonyl (C=O) groups excluding carboxylic acids is 1. The average Bonchev–Trinajstić information content (AvgIpc) is 3.19. The van der Waals surface area contributed by atoms with Gasteiger partial charge in [0, 0.05) is 30.8 Å². The molecule has 2 heterocycles. The van der Waals surface area contributed by atoms with Crippen molar-refractivity contribution in [3.8, 4) is 6.07 Å². The predicted molar refractivity (Wildman–Crippen MR) is 175 cm³/mol. The van der Waals surface area contributed by atoms with Crippen LogP contribution in [0.4, 0.5) is 10.5 Å². The second-order valence-corrected chi connectivity index (χ2v) is 25.9. The van der Waals surface area contributed by atoms with E-state index in [4.69, 9.17) is 18.6 Å². The molecule has 0 aromatic carbocycles. The van der Waals surface area contributed by atoms with Crippen molar-refractivity contribution in [2.24, 2.45) is 5.92 Å². The standard InChI is InChI=1S/C32H56N4O4Si2/c1-21-19-36(20-24(35-29(37)38-30(2,3)4)28(21)40-42(13,14)32(8,9)10)27-22(17-33)18-34-26-23(27)15-16-25(26)39-41(11,12)31(5,6)7/h18,21,24-25,28H,15-16,19-20H2,1-14H3,(H,35,37)/t21-,24+,25+,28+/m0/s1. The molecule has 236 valence electrons. The number of anilines is 1. The van der Waals surface area contributed by atoms with Crippen LogP contribution in [0.1, 0.15) is 98.6 Å². The van der Waals surface area contributed by atoms with Crippen molar-refractivity contribution in [3.63, 3.8) is 0 Å². The second kappa shape index (κ2) is 11.9. The molecule has 8 nitrogen and oxygen atoms in total. The molecule has 2 aliphatic rings. The highest BCUT2D eigenvalue weighted by Gasteiger charge is 2.47. The molecule has 3 rings (SSSR count). The van der Waals surface area contributed by atoms with Gasteiger partial charge in [-0.3, -0.25) is 4.98 Å². The maximum atomic E-state index is 13.1. The van der Waals surface area contributed by atoms with E-state index in [0.717, 1.165) is 29.8 Å². The van der Waals surface area contributed by atoms with Gasteiger partial charge in [0.25, 0.3) is 0 Å². The number of ether oxygens (including phenoxy) is 1. The number of piperidine rings is 1. The Morgan fingerprint density at radius 2 is 1.57 bits per heavy atom. The Kier molecular flexibility index (Phi) is 9.76.